The van der Waals surface area contributed by atoms with E-state index in [9.17, 15) is 4.79 Å². The van der Waals surface area contributed by atoms with Gasteiger partial charge >= 0.3 is 0 Å². The van der Waals surface area contributed by atoms with E-state index < -0.39 is 0 Å². The van der Waals surface area contributed by atoms with Crippen LogP contribution in [0.5, 0.6) is 0 Å². The summed E-state index contributed by atoms with van der Waals surface area (Å²) < 4.78 is 1.88. The van der Waals surface area contributed by atoms with Gasteiger partial charge in [-0.1, -0.05) is 19.9 Å². The summed E-state index contributed by atoms with van der Waals surface area (Å²) in [6, 6.07) is 4.05. The molecular formula is C16H20N4OS2. The van der Waals surface area contributed by atoms with Gasteiger partial charge in [0.1, 0.15) is 11.4 Å². The minimum absolute atomic E-state index is 0.0430. The zero-order chi connectivity index (χ0) is 16.2. The number of imidazole rings is 1. The van der Waals surface area contributed by atoms with Crippen LogP contribution in [-0.2, 0) is 0 Å². The second-order valence-electron chi connectivity index (χ2n) is 5.16. The predicted octanol–water partition coefficient (Wildman–Crippen LogP) is 3.20. The highest BCUT2D eigenvalue weighted by atomic mass is 32.1. The molecule has 3 aromatic rings. The molecule has 0 aliphatic rings. The molecule has 0 bridgehead atoms. The lowest BCUT2D eigenvalue weighted by molar-refractivity contribution is 0.0943. The van der Waals surface area contributed by atoms with Crippen LogP contribution in [0.25, 0.3) is 15.5 Å². The van der Waals surface area contributed by atoms with Crippen LogP contribution < -0.4 is 5.32 Å². The van der Waals surface area contributed by atoms with Crippen LogP contribution in [0.2, 0.25) is 0 Å². The second kappa shape index (κ2) is 7.25. The van der Waals surface area contributed by atoms with Crippen molar-refractivity contribution in [1.82, 2.24) is 19.6 Å². The Morgan fingerprint density at radius 1 is 1.35 bits per heavy atom. The molecule has 0 fully saturated rings. The molecule has 1 amide bonds. The molecular weight excluding hydrogens is 328 g/mol. The van der Waals surface area contributed by atoms with E-state index in [1.54, 1.807) is 11.3 Å². The number of hydrogen-bond acceptors (Lipinski definition) is 5. The SMILES string of the molecule is CCN(CC)CCNC(=O)c1csc2nc(-c3cccs3)cn12. The third kappa shape index (κ3) is 3.46. The number of nitrogens with one attached hydrogen (secondary N) is 1. The third-order valence-corrected chi connectivity index (χ3v) is 5.56. The first-order valence-electron chi connectivity index (χ1n) is 7.74. The van der Waals surface area contributed by atoms with Gasteiger partial charge in [0, 0.05) is 24.7 Å². The van der Waals surface area contributed by atoms with Crippen molar-refractivity contribution in [1.29, 1.82) is 0 Å². The standard InChI is InChI=1S/C16H20N4OS2/c1-3-19(4-2)8-7-17-15(21)13-11-23-16-18-12(10-20(13)16)14-6-5-9-22-14/h5-6,9-11H,3-4,7-8H2,1-2H3,(H,17,21). The summed E-state index contributed by atoms with van der Waals surface area (Å²) in [4.78, 5) is 21.3. The molecule has 3 aromatic heterocycles. The van der Waals surface area contributed by atoms with Gasteiger partial charge in [0.2, 0.25) is 0 Å². The third-order valence-electron chi connectivity index (χ3n) is 3.82. The quantitative estimate of drug-likeness (QED) is 0.713. The lowest BCUT2D eigenvalue weighted by atomic mass is 10.4. The minimum Gasteiger partial charge on any atom is -0.349 e. The van der Waals surface area contributed by atoms with Gasteiger partial charge < -0.3 is 10.2 Å². The van der Waals surface area contributed by atoms with E-state index in [0.29, 0.717) is 12.2 Å². The van der Waals surface area contributed by atoms with Gasteiger partial charge in [-0.15, -0.1) is 22.7 Å². The first-order valence-corrected chi connectivity index (χ1v) is 9.49. The molecule has 0 saturated carbocycles. The Morgan fingerprint density at radius 3 is 2.87 bits per heavy atom. The Morgan fingerprint density at radius 2 is 2.17 bits per heavy atom. The number of nitrogens with zero attached hydrogens (tertiary/aromatic N) is 3. The van der Waals surface area contributed by atoms with Crippen molar-refractivity contribution < 1.29 is 4.79 Å². The maximum absolute atomic E-state index is 12.4. The summed E-state index contributed by atoms with van der Waals surface area (Å²) in [6.07, 6.45) is 1.94. The van der Waals surface area contributed by atoms with Crippen LogP contribution >= 0.6 is 22.7 Å². The lowest BCUT2D eigenvalue weighted by Crippen LogP contribution is -2.35. The minimum atomic E-state index is -0.0430. The molecule has 0 radical (unpaired) electrons. The van der Waals surface area contributed by atoms with Crippen molar-refractivity contribution in [3.05, 3.63) is 34.8 Å². The molecule has 7 heteroatoms. The van der Waals surface area contributed by atoms with Gasteiger partial charge in [0.25, 0.3) is 5.91 Å². The molecule has 1 N–H and O–H groups in total. The van der Waals surface area contributed by atoms with Crippen molar-refractivity contribution >= 4 is 33.5 Å². The lowest BCUT2D eigenvalue weighted by Gasteiger charge is -2.17. The number of fused-ring (bicyclic) bond motifs is 1. The maximum atomic E-state index is 12.4. The van der Waals surface area contributed by atoms with E-state index in [1.165, 1.54) is 11.3 Å². The van der Waals surface area contributed by atoms with E-state index in [4.69, 9.17) is 0 Å². The summed E-state index contributed by atoms with van der Waals surface area (Å²) in [5, 5.41) is 6.90. The monoisotopic (exact) mass is 348 g/mol. The number of likely N-dealkylation sites (N-methyl/N-ethyl adjacent to an activating group) is 1. The Kier molecular flexibility index (Phi) is 5.09. The molecule has 0 atom stereocenters. The number of thiophene rings is 1. The summed E-state index contributed by atoms with van der Waals surface area (Å²) in [5.74, 6) is -0.0430. The molecule has 0 aromatic carbocycles. The van der Waals surface area contributed by atoms with Crippen LogP contribution in [0.1, 0.15) is 24.3 Å². The maximum Gasteiger partial charge on any atom is 0.269 e. The van der Waals surface area contributed by atoms with Gasteiger partial charge in [-0.25, -0.2) is 4.98 Å². The summed E-state index contributed by atoms with van der Waals surface area (Å²) in [6.45, 7) is 7.79. The predicted molar refractivity (Wildman–Crippen MR) is 96.5 cm³/mol. The van der Waals surface area contributed by atoms with Crippen molar-refractivity contribution in [2.45, 2.75) is 13.8 Å². The molecule has 3 heterocycles. The number of hydrogen-bond donors (Lipinski definition) is 1. The smallest absolute Gasteiger partial charge is 0.269 e. The van der Waals surface area contributed by atoms with E-state index >= 15 is 0 Å². The van der Waals surface area contributed by atoms with E-state index in [0.717, 1.165) is 35.2 Å². The Hall–Kier alpha value is -1.70. The largest absolute Gasteiger partial charge is 0.349 e. The highest BCUT2D eigenvalue weighted by Gasteiger charge is 2.15. The first kappa shape index (κ1) is 16.2. The molecule has 3 rings (SSSR count). The highest BCUT2D eigenvalue weighted by molar-refractivity contribution is 7.15. The van der Waals surface area contributed by atoms with Gasteiger partial charge in [0.15, 0.2) is 4.96 Å². The normalized spacial score (nSPS) is 11.4. The van der Waals surface area contributed by atoms with Crippen LogP contribution in [-0.4, -0.2) is 46.4 Å². The number of carbonyl (C=O) groups is 1. The average Bonchev–Trinajstić information content (AvgIpc) is 3.26. The Bertz CT molecular complexity index is 771. The van der Waals surface area contributed by atoms with Crippen LogP contribution in [0.3, 0.4) is 0 Å². The fourth-order valence-corrected chi connectivity index (χ4v) is 3.98. The number of thiazole rings is 1. The zero-order valence-electron chi connectivity index (χ0n) is 13.3. The van der Waals surface area contributed by atoms with Crippen LogP contribution in [0, 0.1) is 0 Å². The first-order chi connectivity index (χ1) is 11.2. The molecule has 122 valence electrons. The van der Waals surface area contributed by atoms with E-state index in [2.05, 4.69) is 29.0 Å². The molecule has 0 aliphatic carbocycles. The topological polar surface area (TPSA) is 49.6 Å². The van der Waals surface area contributed by atoms with E-state index in [1.807, 2.05) is 33.5 Å². The Labute approximate surface area is 143 Å². The number of aromatic nitrogens is 2. The van der Waals surface area contributed by atoms with Crippen molar-refractivity contribution in [3.63, 3.8) is 0 Å². The fourth-order valence-electron chi connectivity index (χ4n) is 2.45. The highest BCUT2D eigenvalue weighted by Crippen LogP contribution is 2.26. The fraction of sp³-hybridized carbons (Fsp3) is 0.375. The van der Waals surface area contributed by atoms with Crippen molar-refractivity contribution in [3.8, 4) is 10.6 Å². The summed E-state index contributed by atoms with van der Waals surface area (Å²) in [7, 11) is 0. The number of amides is 1. The Balaban J connectivity index is 1.71. The summed E-state index contributed by atoms with van der Waals surface area (Å²) >= 11 is 3.15. The second-order valence-corrected chi connectivity index (χ2v) is 6.94. The van der Waals surface area contributed by atoms with Crippen molar-refractivity contribution in [2.75, 3.05) is 26.2 Å². The van der Waals surface area contributed by atoms with Crippen molar-refractivity contribution in [2.24, 2.45) is 0 Å². The average molecular weight is 348 g/mol. The van der Waals surface area contributed by atoms with Crippen LogP contribution in [0.15, 0.2) is 29.1 Å². The van der Waals surface area contributed by atoms with Gasteiger partial charge in [-0.2, -0.15) is 0 Å². The van der Waals surface area contributed by atoms with E-state index in [-0.39, 0.29) is 5.91 Å². The summed E-state index contributed by atoms with van der Waals surface area (Å²) in [5.41, 5.74) is 1.57. The van der Waals surface area contributed by atoms with Gasteiger partial charge in [-0.05, 0) is 24.5 Å². The van der Waals surface area contributed by atoms with Gasteiger partial charge in [0.05, 0.1) is 4.88 Å². The molecule has 0 unspecified atom stereocenters. The number of carbonyl (C=O) groups excluding carboxylic acids is 1. The van der Waals surface area contributed by atoms with Crippen LogP contribution in [0.4, 0.5) is 0 Å². The zero-order valence-corrected chi connectivity index (χ0v) is 14.9. The van der Waals surface area contributed by atoms with Gasteiger partial charge in [-0.3, -0.25) is 9.20 Å². The number of rotatable bonds is 7. The molecule has 0 aliphatic heterocycles. The molecule has 23 heavy (non-hydrogen) atoms. The molecule has 5 nitrogen and oxygen atoms in total. The molecule has 0 spiro atoms. The molecule has 0 saturated heterocycles.